The number of carbonyl (C=O) groups excluding carboxylic acids is 1. The van der Waals surface area contributed by atoms with Crippen molar-refractivity contribution in [3.63, 3.8) is 0 Å². The molecule has 0 N–H and O–H groups in total. The van der Waals surface area contributed by atoms with Crippen molar-refractivity contribution in [2.24, 2.45) is 29.6 Å². The zero-order valence-corrected chi connectivity index (χ0v) is 21.6. The van der Waals surface area contributed by atoms with Gasteiger partial charge in [-0.3, -0.25) is 4.79 Å². The number of fused-ring (bicyclic) bond motifs is 3. The molecule has 0 radical (unpaired) electrons. The van der Waals surface area contributed by atoms with Crippen LogP contribution in [0.3, 0.4) is 0 Å². The number of carbonyl (C=O) groups is 1. The van der Waals surface area contributed by atoms with Gasteiger partial charge in [-0.1, -0.05) is 90.9 Å². The molecule has 3 aliphatic carbocycles. The quantitative estimate of drug-likeness (QED) is 0.196. The first-order chi connectivity index (χ1) is 15.7. The van der Waals surface area contributed by atoms with Gasteiger partial charge in [-0.05, 0) is 81.0 Å². The van der Waals surface area contributed by atoms with Crippen LogP contribution < -0.4 is 0 Å². The van der Waals surface area contributed by atoms with Gasteiger partial charge >= 0.3 is 5.97 Å². The summed E-state index contributed by atoms with van der Waals surface area (Å²) in [4.78, 5) is 12.2. The maximum atomic E-state index is 12.2. The Bertz CT molecular complexity index is 515. The van der Waals surface area contributed by atoms with Gasteiger partial charge in [-0.25, -0.2) is 0 Å². The first-order valence-electron chi connectivity index (χ1n) is 14.9. The molecule has 32 heavy (non-hydrogen) atoms. The Morgan fingerprint density at radius 1 is 0.656 bits per heavy atom. The Kier molecular flexibility index (Phi) is 12.0. The van der Waals surface area contributed by atoms with Gasteiger partial charge in [0.15, 0.2) is 0 Å². The van der Waals surface area contributed by atoms with E-state index in [4.69, 9.17) is 4.74 Å². The second kappa shape index (κ2) is 14.7. The minimum atomic E-state index is 0.0667. The van der Waals surface area contributed by atoms with E-state index in [1.165, 1.54) is 103 Å². The second-order valence-corrected chi connectivity index (χ2v) is 11.7. The zero-order valence-electron chi connectivity index (χ0n) is 21.6. The van der Waals surface area contributed by atoms with Crippen molar-refractivity contribution in [3.05, 3.63) is 0 Å². The Labute approximate surface area is 200 Å². The summed E-state index contributed by atoms with van der Waals surface area (Å²) in [6.45, 7) is 4.49. The molecule has 3 saturated carbocycles. The van der Waals surface area contributed by atoms with E-state index in [9.17, 15) is 4.79 Å². The summed E-state index contributed by atoms with van der Waals surface area (Å²) in [6, 6.07) is 0. The molecule has 0 aromatic rings. The van der Waals surface area contributed by atoms with Gasteiger partial charge in [0.25, 0.3) is 0 Å². The molecule has 6 atom stereocenters. The highest BCUT2D eigenvalue weighted by Crippen LogP contribution is 2.53. The lowest BCUT2D eigenvalue weighted by molar-refractivity contribution is -0.153. The summed E-state index contributed by atoms with van der Waals surface area (Å²) in [5.41, 5.74) is 0. The van der Waals surface area contributed by atoms with Crippen LogP contribution >= 0.6 is 0 Å². The summed E-state index contributed by atoms with van der Waals surface area (Å²) in [5, 5.41) is 0. The Balaban J connectivity index is 1.31. The molecule has 0 heterocycles. The number of rotatable bonds is 14. The summed E-state index contributed by atoms with van der Waals surface area (Å²) < 4.78 is 5.89. The molecular weight excluding hydrogens is 392 g/mol. The number of esters is 1. The Morgan fingerprint density at radius 3 is 1.97 bits per heavy atom. The topological polar surface area (TPSA) is 26.3 Å². The Hall–Kier alpha value is -0.530. The van der Waals surface area contributed by atoms with Gasteiger partial charge in [0.1, 0.15) is 6.10 Å². The molecule has 0 saturated heterocycles. The number of hydrogen-bond acceptors (Lipinski definition) is 2. The van der Waals surface area contributed by atoms with E-state index in [1.807, 2.05) is 0 Å². The number of unbranched alkanes of at least 4 members (excludes halogenated alkanes) is 9. The molecule has 0 aromatic carbocycles. The van der Waals surface area contributed by atoms with E-state index < -0.39 is 0 Å². The average Bonchev–Trinajstić information content (AvgIpc) is 2.80. The monoisotopic (exact) mass is 446 g/mol. The van der Waals surface area contributed by atoms with Crippen LogP contribution in [0.1, 0.15) is 149 Å². The van der Waals surface area contributed by atoms with Gasteiger partial charge in [0.05, 0.1) is 0 Å². The molecule has 2 heteroatoms. The minimum Gasteiger partial charge on any atom is -0.462 e. The Morgan fingerprint density at radius 2 is 1.25 bits per heavy atom. The number of hydrogen-bond donors (Lipinski definition) is 0. The summed E-state index contributed by atoms with van der Waals surface area (Å²) in [5.74, 6) is 4.86. The van der Waals surface area contributed by atoms with Crippen LogP contribution in [0, 0.1) is 29.6 Å². The van der Waals surface area contributed by atoms with E-state index in [-0.39, 0.29) is 12.1 Å². The highest BCUT2D eigenvalue weighted by Gasteiger charge is 2.44. The molecule has 0 spiro atoms. The van der Waals surface area contributed by atoms with E-state index in [0.29, 0.717) is 6.42 Å². The van der Waals surface area contributed by atoms with Gasteiger partial charge in [-0.2, -0.15) is 0 Å². The van der Waals surface area contributed by atoms with Gasteiger partial charge in [0, 0.05) is 6.42 Å². The van der Waals surface area contributed by atoms with Crippen LogP contribution in [-0.4, -0.2) is 12.1 Å². The van der Waals surface area contributed by atoms with Crippen molar-refractivity contribution in [1.82, 2.24) is 0 Å². The van der Waals surface area contributed by atoms with Crippen LogP contribution in [0.25, 0.3) is 0 Å². The summed E-state index contributed by atoms with van der Waals surface area (Å²) in [7, 11) is 0. The van der Waals surface area contributed by atoms with E-state index >= 15 is 0 Å². The normalized spacial score (nSPS) is 32.2. The smallest absolute Gasteiger partial charge is 0.306 e. The third-order valence-electron chi connectivity index (χ3n) is 9.35. The molecule has 4 unspecified atom stereocenters. The predicted octanol–water partition coefficient (Wildman–Crippen LogP) is 9.25. The van der Waals surface area contributed by atoms with Crippen molar-refractivity contribution < 1.29 is 9.53 Å². The highest BCUT2D eigenvalue weighted by molar-refractivity contribution is 5.69. The zero-order chi connectivity index (χ0) is 22.6. The fraction of sp³-hybridized carbons (Fsp3) is 0.967. The molecule has 3 rings (SSSR count). The third-order valence-corrected chi connectivity index (χ3v) is 9.35. The van der Waals surface area contributed by atoms with Crippen molar-refractivity contribution in [2.75, 3.05) is 0 Å². The molecule has 3 aliphatic rings. The predicted molar refractivity (Wildman–Crippen MR) is 136 cm³/mol. The van der Waals surface area contributed by atoms with Crippen molar-refractivity contribution in [1.29, 1.82) is 0 Å². The van der Waals surface area contributed by atoms with E-state index in [1.54, 1.807) is 0 Å². The molecule has 0 aromatic heterocycles. The molecular formula is C30H54O2. The number of ether oxygens (including phenoxy) is 1. The lowest BCUT2D eigenvalue weighted by atomic mass is 9.56. The minimum absolute atomic E-state index is 0.0667. The maximum Gasteiger partial charge on any atom is 0.306 e. The molecule has 186 valence electrons. The maximum absolute atomic E-state index is 12.2. The van der Waals surface area contributed by atoms with E-state index in [2.05, 4.69) is 13.8 Å². The molecule has 0 bridgehead atoms. The highest BCUT2D eigenvalue weighted by atomic mass is 16.5. The fourth-order valence-corrected chi connectivity index (χ4v) is 7.55. The van der Waals surface area contributed by atoms with Crippen LogP contribution in [0.4, 0.5) is 0 Å². The van der Waals surface area contributed by atoms with E-state index in [0.717, 1.165) is 55.3 Å². The van der Waals surface area contributed by atoms with Crippen molar-refractivity contribution >= 4 is 5.97 Å². The van der Waals surface area contributed by atoms with Crippen molar-refractivity contribution in [2.45, 2.75) is 155 Å². The first-order valence-corrected chi connectivity index (χ1v) is 14.9. The van der Waals surface area contributed by atoms with Crippen LogP contribution in [-0.2, 0) is 9.53 Å². The van der Waals surface area contributed by atoms with Crippen LogP contribution in [0.15, 0.2) is 0 Å². The standard InChI is InChI=1S/C30H54O2/c1-3-5-7-8-9-10-11-13-14-24-16-20-28-25(22-24)17-18-26-23-27(19-21-29(26)28)32-30(31)15-12-6-4-2/h24-29H,3-23H2,1-2H3/t24-,25?,26?,27-,28?,29?/m1/s1. The van der Waals surface area contributed by atoms with Gasteiger partial charge in [-0.15, -0.1) is 0 Å². The molecule has 2 nitrogen and oxygen atoms in total. The largest absolute Gasteiger partial charge is 0.462 e. The summed E-state index contributed by atoms with van der Waals surface area (Å²) in [6.07, 6.45) is 28.2. The SMILES string of the molecule is CCCCCCCCCC[C@@H]1CCC2C(CCC3C[C@H](OC(=O)CCCCC)CCC32)C1. The molecule has 0 amide bonds. The summed E-state index contributed by atoms with van der Waals surface area (Å²) >= 11 is 0. The fourth-order valence-electron chi connectivity index (χ4n) is 7.55. The molecule has 0 aliphatic heterocycles. The lowest BCUT2D eigenvalue weighted by Crippen LogP contribution is -2.43. The van der Waals surface area contributed by atoms with Crippen molar-refractivity contribution in [3.8, 4) is 0 Å². The molecule has 3 fully saturated rings. The average molecular weight is 447 g/mol. The van der Waals surface area contributed by atoms with Gasteiger partial charge in [0.2, 0.25) is 0 Å². The van der Waals surface area contributed by atoms with Crippen LogP contribution in [0.5, 0.6) is 0 Å². The first kappa shape index (κ1) is 26.1. The second-order valence-electron chi connectivity index (χ2n) is 11.7. The lowest BCUT2D eigenvalue weighted by Gasteiger charge is -2.50. The third kappa shape index (κ3) is 8.35. The van der Waals surface area contributed by atoms with Gasteiger partial charge < -0.3 is 4.74 Å². The van der Waals surface area contributed by atoms with Crippen LogP contribution in [0.2, 0.25) is 0 Å².